The van der Waals surface area contributed by atoms with E-state index in [-0.39, 0.29) is 18.6 Å². The van der Waals surface area contributed by atoms with Gasteiger partial charge in [0.25, 0.3) is 0 Å². The Balaban J connectivity index is 2.10. The number of aliphatic hydroxyl groups excluding tert-OH is 1. The number of nitrogens with one attached hydrogen (secondary N) is 1. The van der Waals surface area contributed by atoms with Crippen LogP contribution in [-0.2, 0) is 0 Å². The molecule has 1 fully saturated rings. The minimum atomic E-state index is 0.196. The first kappa shape index (κ1) is 12.9. The van der Waals surface area contributed by atoms with Gasteiger partial charge in [-0.1, -0.05) is 36.0 Å². The Labute approximate surface area is 110 Å². The summed E-state index contributed by atoms with van der Waals surface area (Å²) in [5.74, 6) is 0.270. The summed E-state index contributed by atoms with van der Waals surface area (Å²) in [5.41, 5.74) is 0.692. The van der Waals surface area contributed by atoms with Gasteiger partial charge in [0.2, 0.25) is 0 Å². The van der Waals surface area contributed by atoms with Crippen LogP contribution in [0.5, 0.6) is 0 Å². The lowest BCUT2D eigenvalue weighted by Gasteiger charge is -2.31. The lowest BCUT2D eigenvalue weighted by molar-refractivity contribution is 0.178. The highest BCUT2D eigenvalue weighted by atomic mass is 35.5. The highest BCUT2D eigenvalue weighted by Gasteiger charge is 2.25. The Morgan fingerprint density at radius 1 is 1.29 bits per heavy atom. The zero-order valence-electron chi connectivity index (χ0n) is 9.37. The zero-order chi connectivity index (χ0) is 12.3. The normalized spacial score (nSPS) is 24.6. The third-order valence-electron chi connectivity index (χ3n) is 3.20. The van der Waals surface area contributed by atoms with Gasteiger partial charge in [-0.15, -0.1) is 10.2 Å². The third kappa shape index (κ3) is 3.21. The van der Waals surface area contributed by atoms with Crippen molar-refractivity contribution in [2.24, 2.45) is 5.92 Å². The molecule has 0 aromatic carbocycles. The topological polar surface area (TPSA) is 58.0 Å². The molecule has 2 N–H and O–H groups in total. The Hall–Kier alpha value is -0.580. The van der Waals surface area contributed by atoms with E-state index < -0.39 is 0 Å². The largest absolute Gasteiger partial charge is 0.396 e. The summed E-state index contributed by atoms with van der Waals surface area (Å²) >= 11 is 11.7. The smallest absolute Gasteiger partial charge is 0.174 e. The van der Waals surface area contributed by atoms with Gasteiger partial charge in [0.15, 0.2) is 10.3 Å². The van der Waals surface area contributed by atoms with E-state index in [1.807, 2.05) is 0 Å². The van der Waals surface area contributed by atoms with Crippen LogP contribution in [0.25, 0.3) is 0 Å². The first-order chi connectivity index (χ1) is 8.20. The molecule has 94 valence electrons. The van der Waals surface area contributed by atoms with Crippen LogP contribution in [0.2, 0.25) is 10.3 Å². The van der Waals surface area contributed by atoms with Crippen LogP contribution >= 0.6 is 23.2 Å². The van der Waals surface area contributed by atoms with Crippen molar-refractivity contribution in [1.82, 2.24) is 10.2 Å². The van der Waals surface area contributed by atoms with Crippen LogP contribution in [0.1, 0.15) is 25.7 Å². The minimum absolute atomic E-state index is 0.196. The van der Waals surface area contributed by atoms with Crippen molar-refractivity contribution in [2.75, 3.05) is 11.9 Å². The van der Waals surface area contributed by atoms with E-state index in [1.165, 1.54) is 6.42 Å². The minimum Gasteiger partial charge on any atom is -0.396 e. The number of halogens is 2. The second kappa shape index (κ2) is 5.85. The molecular formula is C11H15Cl2N3O. The molecule has 0 bridgehead atoms. The van der Waals surface area contributed by atoms with E-state index in [0.717, 1.165) is 19.3 Å². The van der Waals surface area contributed by atoms with E-state index in [4.69, 9.17) is 23.2 Å². The standard InChI is InChI=1S/C11H15Cl2N3O/c12-10-5-9(11(13)16-15-10)14-8-4-2-1-3-7(8)6-17/h5,7-8,17H,1-4,6H2,(H,14,15). The average molecular weight is 276 g/mol. The van der Waals surface area contributed by atoms with Gasteiger partial charge in [-0.3, -0.25) is 0 Å². The fourth-order valence-corrected chi connectivity index (χ4v) is 2.56. The van der Waals surface area contributed by atoms with Crippen molar-refractivity contribution in [3.05, 3.63) is 16.4 Å². The molecule has 1 heterocycles. The summed E-state index contributed by atoms with van der Waals surface area (Å²) in [5, 5.41) is 20.7. The van der Waals surface area contributed by atoms with E-state index in [0.29, 0.717) is 16.0 Å². The fourth-order valence-electron chi connectivity index (χ4n) is 2.27. The second-order valence-corrected chi connectivity index (χ2v) is 5.09. The SMILES string of the molecule is OCC1CCCCC1Nc1cc(Cl)nnc1Cl. The molecule has 1 aromatic heterocycles. The first-order valence-electron chi connectivity index (χ1n) is 5.77. The molecule has 0 saturated heterocycles. The monoisotopic (exact) mass is 275 g/mol. The molecule has 0 aliphatic heterocycles. The number of hydrogen-bond donors (Lipinski definition) is 2. The molecule has 1 aromatic rings. The maximum atomic E-state index is 9.34. The van der Waals surface area contributed by atoms with Crippen molar-refractivity contribution in [3.63, 3.8) is 0 Å². The summed E-state index contributed by atoms with van der Waals surface area (Å²) in [4.78, 5) is 0. The molecule has 1 saturated carbocycles. The van der Waals surface area contributed by atoms with E-state index in [1.54, 1.807) is 6.07 Å². The fraction of sp³-hybridized carbons (Fsp3) is 0.636. The van der Waals surface area contributed by atoms with Crippen LogP contribution in [0, 0.1) is 5.92 Å². The molecule has 0 spiro atoms. The van der Waals surface area contributed by atoms with Crippen molar-refractivity contribution >= 4 is 28.9 Å². The molecule has 2 rings (SSSR count). The summed E-state index contributed by atoms with van der Waals surface area (Å²) in [6.07, 6.45) is 4.41. The van der Waals surface area contributed by atoms with Crippen LogP contribution < -0.4 is 5.32 Å². The lowest BCUT2D eigenvalue weighted by atomic mass is 9.85. The van der Waals surface area contributed by atoms with Gasteiger partial charge in [0.1, 0.15) is 0 Å². The average Bonchev–Trinajstić information content (AvgIpc) is 2.34. The highest BCUT2D eigenvalue weighted by molar-refractivity contribution is 6.33. The summed E-state index contributed by atoms with van der Waals surface area (Å²) in [6.45, 7) is 0.196. The van der Waals surface area contributed by atoms with Crippen molar-refractivity contribution in [1.29, 1.82) is 0 Å². The van der Waals surface area contributed by atoms with Gasteiger partial charge >= 0.3 is 0 Å². The van der Waals surface area contributed by atoms with Gasteiger partial charge in [0, 0.05) is 24.6 Å². The van der Waals surface area contributed by atoms with Crippen molar-refractivity contribution in [3.8, 4) is 0 Å². The van der Waals surface area contributed by atoms with E-state index in [9.17, 15) is 5.11 Å². The quantitative estimate of drug-likeness (QED) is 0.891. The van der Waals surface area contributed by atoms with Gasteiger partial charge in [0.05, 0.1) is 5.69 Å². The third-order valence-corrected chi connectivity index (χ3v) is 3.67. The zero-order valence-corrected chi connectivity index (χ0v) is 10.9. The Kier molecular flexibility index (Phi) is 4.42. The first-order valence-corrected chi connectivity index (χ1v) is 6.52. The van der Waals surface area contributed by atoms with E-state index in [2.05, 4.69) is 15.5 Å². The molecule has 0 radical (unpaired) electrons. The number of aliphatic hydroxyl groups is 1. The molecular weight excluding hydrogens is 261 g/mol. The number of anilines is 1. The van der Waals surface area contributed by atoms with Crippen LogP contribution in [0.3, 0.4) is 0 Å². The maximum absolute atomic E-state index is 9.34. The molecule has 2 atom stereocenters. The molecule has 6 heteroatoms. The summed E-state index contributed by atoms with van der Waals surface area (Å²) < 4.78 is 0. The molecule has 4 nitrogen and oxygen atoms in total. The van der Waals surface area contributed by atoms with Crippen molar-refractivity contribution < 1.29 is 5.11 Å². The van der Waals surface area contributed by atoms with Gasteiger partial charge < -0.3 is 10.4 Å². The Morgan fingerprint density at radius 3 is 2.82 bits per heavy atom. The number of nitrogens with zero attached hydrogens (tertiary/aromatic N) is 2. The van der Waals surface area contributed by atoms with Crippen LogP contribution in [0.15, 0.2) is 6.07 Å². The second-order valence-electron chi connectivity index (χ2n) is 4.35. The molecule has 1 aliphatic rings. The predicted octanol–water partition coefficient (Wildman–Crippen LogP) is 2.75. The number of aromatic nitrogens is 2. The summed E-state index contributed by atoms with van der Waals surface area (Å²) in [6, 6.07) is 1.89. The maximum Gasteiger partial charge on any atom is 0.174 e. The van der Waals surface area contributed by atoms with E-state index >= 15 is 0 Å². The lowest BCUT2D eigenvalue weighted by Crippen LogP contribution is -2.34. The summed E-state index contributed by atoms with van der Waals surface area (Å²) in [7, 11) is 0. The van der Waals surface area contributed by atoms with Crippen LogP contribution in [-0.4, -0.2) is 28.0 Å². The number of hydrogen-bond acceptors (Lipinski definition) is 4. The highest BCUT2D eigenvalue weighted by Crippen LogP contribution is 2.29. The Morgan fingerprint density at radius 2 is 2.06 bits per heavy atom. The van der Waals surface area contributed by atoms with Gasteiger partial charge in [-0.2, -0.15) is 0 Å². The molecule has 1 aliphatic carbocycles. The molecule has 0 amide bonds. The van der Waals surface area contributed by atoms with Gasteiger partial charge in [-0.25, -0.2) is 0 Å². The Bertz CT molecular complexity index is 389. The van der Waals surface area contributed by atoms with Gasteiger partial charge in [-0.05, 0) is 12.8 Å². The number of rotatable bonds is 3. The molecule has 2 unspecified atom stereocenters. The van der Waals surface area contributed by atoms with Crippen molar-refractivity contribution in [2.45, 2.75) is 31.7 Å². The molecule has 17 heavy (non-hydrogen) atoms. The predicted molar refractivity (Wildman–Crippen MR) is 68.5 cm³/mol. The van der Waals surface area contributed by atoms with Crippen LogP contribution in [0.4, 0.5) is 5.69 Å².